The summed E-state index contributed by atoms with van der Waals surface area (Å²) < 4.78 is 0. The van der Waals surface area contributed by atoms with Gasteiger partial charge >= 0.3 is 0 Å². The van der Waals surface area contributed by atoms with Gasteiger partial charge in [0.25, 0.3) is 0 Å². The van der Waals surface area contributed by atoms with Crippen LogP contribution >= 0.6 is 0 Å². The van der Waals surface area contributed by atoms with Crippen LogP contribution in [-0.4, -0.2) is 41.0 Å². The van der Waals surface area contributed by atoms with Crippen LogP contribution in [0.5, 0.6) is 0 Å². The first kappa shape index (κ1) is 19.6. The van der Waals surface area contributed by atoms with Crippen molar-refractivity contribution in [2.45, 2.75) is 83.8 Å². The largest absolute Gasteiger partial charge is 0.393 e. The van der Waals surface area contributed by atoms with Gasteiger partial charge in [-0.25, -0.2) is 0 Å². The summed E-state index contributed by atoms with van der Waals surface area (Å²) in [5.41, 5.74) is 0.861. The number of aliphatic hydroxyl groups excluding tert-OH is 1. The first-order chi connectivity index (χ1) is 13.8. The highest BCUT2D eigenvalue weighted by Gasteiger charge is 2.63. The second-order valence-corrected chi connectivity index (χ2v) is 11.0. The average Bonchev–Trinajstić information content (AvgIpc) is 2.98. The summed E-state index contributed by atoms with van der Waals surface area (Å²) >= 11 is 0. The van der Waals surface area contributed by atoms with Gasteiger partial charge in [-0.1, -0.05) is 19.9 Å². The molecule has 7 atom stereocenters. The van der Waals surface area contributed by atoms with Crippen LogP contribution in [0.3, 0.4) is 0 Å². The van der Waals surface area contributed by atoms with Crippen LogP contribution in [0.15, 0.2) is 11.8 Å². The molecule has 0 aromatic carbocycles. The minimum absolute atomic E-state index is 0.0255. The van der Waals surface area contributed by atoms with Crippen molar-refractivity contribution < 1.29 is 14.7 Å². The standard InChI is InChI=1S/C24H36N2O3/c1-23-12-11-20(28)26(3)19(23)10-7-15-16-8-9-17(22(29)25-14-5-4-6-14)24(16,2)13-18(27)21(15)23/h10,14-18,21,27H,4-9,11-13H2,1-3H3,(H,25,29)/t15?,16?,17-,18+,21?,23+,24+/m1/s1. The van der Waals surface area contributed by atoms with Crippen LogP contribution in [0.25, 0.3) is 0 Å². The Labute approximate surface area is 174 Å². The molecule has 4 aliphatic carbocycles. The lowest BCUT2D eigenvalue weighted by atomic mass is 9.48. The fourth-order valence-corrected chi connectivity index (χ4v) is 8.00. The van der Waals surface area contributed by atoms with Crippen molar-refractivity contribution in [3.8, 4) is 0 Å². The van der Waals surface area contributed by atoms with Gasteiger partial charge in [-0.2, -0.15) is 0 Å². The van der Waals surface area contributed by atoms with Crippen LogP contribution < -0.4 is 5.32 Å². The van der Waals surface area contributed by atoms with Crippen molar-refractivity contribution >= 4 is 11.8 Å². The number of aliphatic hydroxyl groups is 1. The van der Waals surface area contributed by atoms with Gasteiger partial charge in [-0.15, -0.1) is 0 Å². The number of fused-ring (bicyclic) bond motifs is 5. The van der Waals surface area contributed by atoms with Crippen molar-refractivity contribution in [1.29, 1.82) is 0 Å². The summed E-state index contributed by atoms with van der Waals surface area (Å²) in [5.74, 6) is 1.51. The van der Waals surface area contributed by atoms with Crippen LogP contribution in [0.1, 0.15) is 71.6 Å². The number of amides is 2. The molecule has 2 amide bonds. The Morgan fingerprint density at radius 2 is 2.00 bits per heavy atom. The van der Waals surface area contributed by atoms with E-state index in [1.165, 1.54) is 6.42 Å². The number of likely N-dealkylation sites (tertiary alicyclic amines) is 1. The van der Waals surface area contributed by atoms with E-state index < -0.39 is 6.10 Å². The quantitative estimate of drug-likeness (QED) is 0.748. The van der Waals surface area contributed by atoms with Crippen molar-refractivity contribution in [2.75, 3.05) is 7.05 Å². The lowest BCUT2D eigenvalue weighted by Gasteiger charge is -2.59. The van der Waals surface area contributed by atoms with Gasteiger partial charge in [0.05, 0.1) is 6.10 Å². The average molecular weight is 401 g/mol. The molecule has 160 valence electrons. The number of hydrogen-bond acceptors (Lipinski definition) is 3. The van der Waals surface area contributed by atoms with E-state index >= 15 is 0 Å². The molecule has 2 N–H and O–H groups in total. The lowest BCUT2D eigenvalue weighted by Crippen LogP contribution is -2.59. The molecule has 5 heteroatoms. The monoisotopic (exact) mass is 400 g/mol. The number of hydrogen-bond donors (Lipinski definition) is 2. The molecule has 1 saturated heterocycles. The van der Waals surface area contributed by atoms with Gasteiger partial charge in [-0.05, 0) is 74.5 Å². The van der Waals surface area contributed by atoms with Gasteiger partial charge in [0.1, 0.15) is 0 Å². The number of allylic oxidation sites excluding steroid dienone is 2. The minimum Gasteiger partial charge on any atom is -0.393 e. The molecule has 29 heavy (non-hydrogen) atoms. The van der Waals surface area contributed by atoms with Gasteiger partial charge in [-0.3, -0.25) is 9.59 Å². The summed E-state index contributed by atoms with van der Waals surface area (Å²) in [4.78, 5) is 27.2. The second kappa shape index (κ2) is 6.57. The van der Waals surface area contributed by atoms with E-state index in [1.807, 2.05) is 11.9 Å². The van der Waals surface area contributed by atoms with E-state index in [0.29, 0.717) is 30.7 Å². The predicted molar refractivity (Wildman–Crippen MR) is 111 cm³/mol. The maximum absolute atomic E-state index is 13.1. The zero-order valence-electron chi connectivity index (χ0n) is 18.1. The SMILES string of the molecule is CN1C(=O)CC[C@@]2(C)C1=CCC1C2[C@@H](O)C[C@@]2(C)C1CC[C@@H]2C(=O)NC1CCC1. The van der Waals surface area contributed by atoms with E-state index in [4.69, 9.17) is 0 Å². The van der Waals surface area contributed by atoms with Crippen LogP contribution in [0, 0.1) is 34.5 Å². The minimum atomic E-state index is -0.409. The van der Waals surface area contributed by atoms with E-state index in [9.17, 15) is 14.7 Å². The molecule has 4 fully saturated rings. The van der Waals surface area contributed by atoms with Crippen molar-refractivity contribution in [3.05, 3.63) is 11.8 Å². The highest BCUT2D eigenvalue weighted by molar-refractivity contribution is 5.81. The Kier molecular flexibility index (Phi) is 4.44. The van der Waals surface area contributed by atoms with Crippen LogP contribution in [-0.2, 0) is 9.59 Å². The van der Waals surface area contributed by atoms with E-state index in [-0.39, 0.29) is 34.5 Å². The zero-order valence-corrected chi connectivity index (χ0v) is 18.1. The second-order valence-electron chi connectivity index (χ2n) is 11.0. The third-order valence-corrected chi connectivity index (χ3v) is 9.72. The predicted octanol–water partition coefficient (Wildman–Crippen LogP) is 3.23. The summed E-state index contributed by atoms with van der Waals surface area (Å²) in [6.07, 6.45) is 10.4. The molecule has 3 saturated carbocycles. The van der Waals surface area contributed by atoms with Gasteiger partial charge in [0, 0.05) is 36.5 Å². The van der Waals surface area contributed by atoms with Crippen molar-refractivity contribution in [1.82, 2.24) is 10.2 Å². The fourth-order valence-electron chi connectivity index (χ4n) is 8.00. The van der Waals surface area contributed by atoms with Crippen molar-refractivity contribution in [2.24, 2.45) is 34.5 Å². The molecule has 1 aliphatic heterocycles. The molecule has 1 heterocycles. The summed E-state index contributed by atoms with van der Waals surface area (Å²) in [6, 6.07) is 0.376. The maximum Gasteiger partial charge on any atom is 0.226 e. The Morgan fingerprint density at radius 1 is 1.24 bits per heavy atom. The summed E-state index contributed by atoms with van der Waals surface area (Å²) in [7, 11) is 1.89. The van der Waals surface area contributed by atoms with E-state index in [1.54, 1.807) is 0 Å². The molecule has 0 spiro atoms. The van der Waals surface area contributed by atoms with Gasteiger partial charge < -0.3 is 15.3 Å². The third-order valence-electron chi connectivity index (χ3n) is 9.72. The maximum atomic E-state index is 13.1. The number of nitrogens with one attached hydrogen (secondary N) is 1. The Hall–Kier alpha value is -1.36. The number of rotatable bonds is 2. The Balaban J connectivity index is 1.44. The molecule has 0 aromatic heterocycles. The molecule has 0 radical (unpaired) electrons. The molecule has 3 unspecified atom stereocenters. The number of piperidine rings is 1. The Morgan fingerprint density at radius 3 is 2.69 bits per heavy atom. The molecule has 5 aliphatic rings. The van der Waals surface area contributed by atoms with E-state index in [2.05, 4.69) is 25.2 Å². The summed E-state index contributed by atoms with van der Waals surface area (Å²) in [6.45, 7) is 4.54. The topological polar surface area (TPSA) is 69.6 Å². The molecular weight excluding hydrogens is 364 g/mol. The van der Waals surface area contributed by atoms with E-state index in [0.717, 1.165) is 44.2 Å². The first-order valence-electron chi connectivity index (χ1n) is 11.7. The third kappa shape index (κ3) is 2.68. The molecule has 0 aromatic rings. The molecule has 0 bridgehead atoms. The van der Waals surface area contributed by atoms with Crippen LogP contribution in [0.2, 0.25) is 0 Å². The molecule has 5 nitrogen and oxygen atoms in total. The number of nitrogens with zero attached hydrogens (tertiary/aromatic N) is 1. The van der Waals surface area contributed by atoms with Gasteiger partial charge in [0.15, 0.2) is 0 Å². The number of carbonyl (C=O) groups is 2. The highest BCUT2D eigenvalue weighted by atomic mass is 16.3. The summed E-state index contributed by atoms with van der Waals surface area (Å²) in [5, 5.41) is 14.7. The highest BCUT2D eigenvalue weighted by Crippen LogP contribution is 2.65. The van der Waals surface area contributed by atoms with Crippen molar-refractivity contribution in [3.63, 3.8) is 0 Å². The number of carbonyl (C=O) groups excluding carboxylic acids is 2. The fraction of sp³-hybridized carbons (Fsp3) is 0.833. The molecule has 5 rings (SSSR count). The van der Waals surface area contributed by atoms with Crippen LogP contribution in [0.4, 0.5) is 0 Å². The smallest absolute Gasteiger partial charge is 0.226 e. The lowest BCUT2D eigenvalue weighted by molar-refractivity contribution is -0.152. The van der Waals surface area contributed by atoms with Gasteiger partial charge in [0.2, 0.25) is 11.8 Å². The Bertz CT molecular complexity index is 759. The normalized spacial score (nSPS) is 46.9. The first-order valence-corrected chi connectivity index (χ1v) is 11.7. The molecular formula is C24H36N2O3. The zero-order chi connectivity index (χ0) is 20.6.